The van der Waals surface area contributed by atoms with E-state index in [0.29, 0.717) is 11.6 Å². The molecule has 0 spiro atoms. The number of nitrogens with zero attached hydrogens (tertiary/aromatic N) is 3. The maximum atomic E-state index is 12.7. The van der Waals surface area contributed by atoms with Crippen molar-refractivity contribution in [3.63, 3.8) is 0 Å². The van der Waals surface area contributed by atoms with Gasteiger partial charge in [-0.1, -0.05) is 68.4 Å². The summed E-state index contributed by atoms with van der Waals surface area (Å²) in [4.78, 5) is 30.2. The zero-order chi connectivity index (χ0) is 25.3. The Morgan fingerprint density at radius 1 is 0.972 bits per heavy atom. The maximum Gasteiger partial charge on any atom is 0.394 e. The number of rotatable bonds is 11. The molecule has 0 atom stereocenters. The molecule has 7 nitrogen and oxygen atoms in total. The van der Waals surface area contributed by atoms with Gasteiger partial charge in [-0.2, -0.15) is 4.98 Å². The summed E-state index contributed by atoms with van der Waals surface area (Å²) in [5.74, 6) is -1.19. The van der Waals surface area contributed by atoms with E-state index in [1.807, 2.05) is 36.4 Å². The molecule has 2 aromatic carbocycles. The Morgan fingerprint density at radius 3 is 2.50 bits per heavy atom. The van der Waals surface area contributed by atoms with Gasteiger partial charge in [-0.05, 0) is 67.0 Å². The van der Waals surface area contributed by atoms with Crippen molar-refractivity contribution in [2.24, 2.45) is 0 Å². The fourth-order valence-electron chi connectivity index (χ4n) is 4.87. The third-order valence-electron chi connectivity index (χ3n) is 6.85. The van der Waals surface area contributed by atoms with Crippen LogP contribution in [-0.2, 0) is 35.4 Å². The lowest BCUT2D eigenvalue weighted by atomic mass is 9.90. The van der Waals surface area contributed by atoms with Crippen LogP contribution in [0.3, 0.4) is 0 Å². The number of hydrogen-bond acceptors (Lipinski definition) is 5. The van der Waals surface area contributed by atoms with Gasteiger partial charge >= 0.3 is 11.9 Å². The zero-order valence-corrected chi connectivity index (χ0v) is 21.0. The van der Waals surface area contributed by atoms with Gasteiger partial charge in [0.05, 0.1) is 6.54 Å². The van der Waals surface area contributed by atoms with Gasteiger partial charge in [0.1, 0.15) is 0 Å². The van der Waals surface area contributed by atoms with Gasteiger partial charge in [0.25, 0.3) is 5.89 Å². The molecule has 0 fully saturated rings. The topological polar surface area (TPSA) is 96.5 Å². The number of carboxylic acids is 1. The quantitative estimate of drug-likeness (QED) is 0.257. The van der Waals surface area contributed by atoms with E-state index in [1.165, 1.54) is 42.6 Å². The highest BCUT2D eigenvalue weighted by Crippen LogP contribution is 2.32. The first-order chi connectivity index (χ1) is 17.6. The monoisotopic (exact) mass is 489 g/mol. The number of carbonyl (C=O) groups is 2. The fourth-order valence-corrected chi connectivity index (χ4v) is 4.87. The highest BCUT2D eigenvalue weighted by atomic mass is 16.5. The molecule has 0 radical (unpaired) electrons. The minimum atomic E-state index is -1.45. The molecule has 1 heterocycles. The van der Waals surface area contributed by atoms with Crippen molar-refractivity contribution in [3.05, 3.63) is 65.0 Å². The van der Waals surface area contributed by atoms with Gasteiger partial charge in [0.2, 0.25) is 0 Å². The number of aromatic nitrogens is 2. The Labute approximate surface area is 212 Å². The average molecular weight is 490 g/mol. The van der Waals surface area contributed by atoms with Gasteiger partial charge in [0, 0.05) is 17.7 Å². The van der Waals surface area contributed by atoms with E-state index in [9.17, 15) is 14.7 Å². The Bertz CT molecular complexity index is 1170. The molecule has 0 saturated carbocycles. The molecule has 0 saturated heterocycles. The van der Waals surface area contributed by atoms with Gasteiger partial charge in [0.15, 0.2) is 5.82 Å². The van der Waals surface area contributed by atoms with Crippen LogP contribution >= 0.6 is 0 Å². The van der Waals surface area contributed by atoms with Crippen LogP contribution in [0.1, 0.15) is 80.8 Å². The molecule has 1 amide bonds. The molecule has 7 heteroatoms. The number of fused-ring (bicyclic) bond motifs is 1. The number of amides is 1. The Hall–Kier alpha value is -3.48. The highest BCUT2D eigenvalue weighted by molar-refractivity contribution is 6.37. The van der Waals surface area contributed by atoms with E-state index in [0.717, 1.165) is 61.0 Å². The van der Waals surface area contributed by atoms with Crippen molar-refractivity contribution in [1.29, 1.82) is 0 Å². The lowest BCUT2D eigenvalue weighted by Gasteiger charge is -2.27. The number of benzene rings is 2. The summed E-state index contributed by atoms with van der Waals surface area (Å²) in [5, 5.41) is 13.6. The lowest BCUT2D eigenvalue weighted by molar-refractivity contribution is -0.148. The molecular formula is C29H35N3O4. The molecule has 0 unspecified atom stereocenters. The number of anilines is 1. The van der Waals surface area contributed by atoms with Gasteiger partial charge < -0.3 is 9.63 Å². The molecule has 190 valence electrons. The molecule has 0 aliphatic heterocycles. The number of carboxylic acid groups (broad SMARTS) is 1. The molecule has 1 aliphatic carbocycles. The Balaban J connectivity index is 1.44. The summed E-state index contributed by atoms with van der Waals surface area (Å²) in [6.07, 6.45) is 12.1. The number of aliphatic carboxylic acids is 1. The first-order valence-corrected chi connectivity index (χ1v) is 13.1. The lowest BCUT2D eigenvalue weighted by Crippen LogP contribution is -2.37. The van der Waals surface area contributed by atoms with Crippen LogP contribution in [0.4, 0.5) is 5.69 Å². The summed E-state index contributed by atoms with van der Waals surface area (Å²) in [5.41, 5.74) is 4.60. The molecule has 1 aliphatic rings. The van der Waals surface area contributed by atoms with E-state index in [2.05, 4.69) is 23.1 Å². The summed E-state index contributed by atoms with van der Waals surface area (Å²) in [7, 11) is 0. The van der Waals surface area contributed by atoms with Crippen molar-refractivity contribution in [2.45, 2.75) is 84.1 Å². The van der Waals surface area contributed by atoms with Crippen LogP contribution < -0.4 is 4.90 Å². The van der Waals surface area contributed by atoms with Crippen LogP contribution in [0.15, 0.2) is 47.0 Å². The largest absolute Gasteiger partial charge is 0.474 e. The van der Waals surface area contributed by atoms with Crippen molar-refractivity contribution >= 4 is 17.6 Å². The van der Waals surface area contributed by atoms with Crippen LogP contribution in [0.5, 0.6) is 0 Å². The molecule has 0 bridgehead atoms. The second kappa shape index (κ2) is 12.5. The molecule has 3 aromatic rings. The average Bonchev–Trinajstić information content (AvgIpc) is 3.38. The maximum absolute atomic E-state index is 12.7. The van der Waals surface area contributed by atoms with E-state index in [4.69, 9.17) is 4.52 Å². The Morgan fingerprint density at radius 2 is 1.72 bits per heavy atom. The highest BCUT2D eigenvalue weighted by Gasteiger charge is 2.26. The predicted molar refractivity (Wildman–Crippen MR) is 139 cm³/mol. The predicted octanol–water partition coefficient (Wildman–Crippen LogP) is 6.14. The summed E-state index contributed by atoms with van der Waals surface area (Å²) < 4.78 is 5.47. The minimum absolute atomic E-state index is 0.176. The van der Waals surface area contributed by atoms with Crippen LogP contribution in [-0.4, -0.2) is 27.1 Å². The number of hydrogen-bond donors (Lipinski definition) is 1. The number of unbranched alkanes of at least 4 members (excludes halogenated alkanes) is 5. The van der Waals surface area contributed by atoms with Gasteiger partial charge in [-0.15, -0.1) is 0 Å². The normalized spacial score (nSPS) is 12.8. The third kappa shape index (κ3) is 6.39. The van der Waals surface area contributed by atoms with Gasteiger partial charge in [-0.3, -0.25) is 9.69 Å². The second-order valence-electron chi connectivity index (χ2n) is 9.55. The molecule has 4 rings (SSSR count). The standard InChI is InChI=1S/C29H35N3O4/c1-2-3-4-5-6-7-15-26-30-27(36-31-26)23-18-16-21(17-19-23)20-32(28(33)29(34)35)25-14-10-12-22-11-8-9-13-24(22)25/h10,12,14,16-19H,2-9,11,13,15,20H2,1H3,(H,34,35). The van der Waals surface area contributed by atoms with Crippen LogP contribution in [0.2, 0.25) is 0 Å². The first kappa shape index (κ1) is 25.6. The molecule has 36 heavy (non-hydrogen) atoms. The first-order valence-electron chi connectivity index (χ1n) is 13.1. The van der Waals surface area contributed by atoms with Crippen molar-refractivity contribution < 1.29 is 19.2 Å². The van der Waals surface area contributed by atoms with E-state index in [1.54, 1.807) is 0 Å². The van der Waals surface area contributed by atoms with Crippen LogP contribution in [0.25, 0.3) is 11.5 Å². The van der Waals surface area contributed by atoms with Crippen molar-refractivity contribution in [2.75, 3.05) is 4.90 Å². The third-order valence-corrected chi connectivity index (χ3v) is 6.85. The molecular weight excluding hydrogens is 454 g/mol. The molecule has 1 aromatic heterocycles. The second-order valence-corrected chi connectivity index (χ2v) is 9.55. The van der Waals surface area contributed by atoms with E-state index >= 15 is 0 Å². The summed E-state index contributed by atoms with van der Waals surface area (Å²) in [6.45, 7) is 2.39. The summed E-state index contributed by atoms with van der Waals surface area (Å²) in [6, 6.07) is 13.3. The van der Waals surface area contributed by atoms with Crippen LogP contribution in [0, 0.1) is 0 Å². The SMILES string of the molecule is CCCCCCCCc1noc(-c2ccc(CN(C(=O)C(=O)O)c3cccc4c3CCCC4)cc2)n1. The van der Waals surface area contributed by atoms with E-state index in [-0.39, 0.29) is 6.54 Å². The fraction of sp³-hybridized carbons (Fsp3) is 0.448. The number of aryl methyl sites for hydroxylation is 2. The smallest absolute Gasteiger partial charge is 0.394 e. The molecule has 1 N–H and O–H groups in total. The Kier molecular flexibility index (Phi) is 8.87. The minimum Gasteiger partial charge on any atom is -0.474 e. The van der Waals surface area contributed by atoms with Crippen molar-refractivity contribution in [3.8, 4) is 11.5 Å². The van der Waals surface area contributed by atoms with Gasteiger partial charge in [-0.25, -0.2) is 4.79 Å². The summed E-state index contributed by atoms with van der Waals surface area (Å²) >= 11 is 0. The van der Waals surface area contributed by atoms with Crippen molar-refractivity contribution in [1.82, 2.24) is 10.1 Å². The number of carbonyl (C=O) groups excluding carboxylic acids is 1. The van der Waals surface area contributed by atoms with E-state index < -0.39 is 11.9 Å². The zero-order valence-electron chi connectivity index (χ0n) is 21.0.